The molecular weight excluding hydrogens is 302 g/mol. The molecule has 2 heterocycles. The van der Waals surface area contributed by atoms with Crippen LogP contribution in [0.3, 0.4) is 0 Å². The zero-order valence-electron chi connectivity index (χ0n) is 14.4. The lowest BCUT2D eigenvalue weighted by molar-refractivity contribution is -0.131. The molecule has 0 N–H and O–H groups in total. The number of rotatable bonds is 5. The molecule has 5 heteroatoms. The summed E-state index contributed by atoms with van der Waals surface area (Å²) in [5.41, 5.74) is 1.32. The van der Waals surface area contributed by atoms with Crippen LogP contribution in [0, 0.1) is 5.92 Å². The van der Waals surface area contributed by atoms with Gasteiger partial charge >= 0.3 is 0 Å². The molecule has 0 saturated carbocycles. The van der Waals surface area contributed by atoms with Crippen LogP contribution in [0.1, 0.15) is 56.3 Å². The van der Waals surface area contributed by atoms with Gasteiger partial charge in [0, 0.05) is 19.4 Å². The molecule has 1 saturated heterocycles. The van der Waals surface area contributed by atoms with Crippen LogP contribution < -0.4 is 0 Å². The second-order valence-corrected chi connectivity index (χ2v) is 6.95. The number of hydrogen-bond donors (Lipinski definition) is 0. The normalized spacial score (nSPS) is 18.9. The van der Waals surface area contributed by atoms with Gasteiger partial charge in [-0.3, -0.25) is 4.79 Å². The van der Waals surface area contributed by atoms with Crippen molar-refractivity contribution in [1.29, 1.82) is 0 Å². The third kappa shape index (κ3) is 4.22. The quantitative estimate of drug-likeness (QED) is 0.842. The Balaban J connectivity index is 1.62. The molecule has 0 aliphatic carbocycles. The summed E-state index contributed by atoms with van der Waals surface area (Å²) in [5, 5.41) is 4.03. The predicted molar refractivity (Wildman–Crippen MR) is 91.3 cm³/mol. The van der Waals surface area contributed by atoms with Crippen LogP contribution in [0.2, 0.25) is 0 Å². The lowest BCUT2D eigenvalue weighted by atomic mass is 9.92. The second-order valence-electron chi connectivity index (χ2n) is 6.95. The Labute approximate surface area is 143 Å². The van der Waals surface area contributed by atoms with Gasteiger partial charge in [-0.05, 0) is 30.2 Å². The van der Waals surface area contributed by atoms with Crippen molar-refractivity contribution in [1.82, 2.24) is 15.0 Å². The fraction of sp³-hybridized carbons (Fsp3) is 0.526. The summed E-state index contributed by atoms with van der Waals surface area (Å²) in [6, 6.07) is 10.5. The van der Waals surface area contributed by atoms with E-state index >= 15 is 0 Å². The van der Waals surface area contributed by atoms with E-state index < -0.39 is 0 Å². The lowest BCUT2D eigenvalue weighted by Gasteiger charge is -2.19. The summed E-state index contributed by atoms with van der Waals surface area (Å²) < 4.78 is 5.27. The molecule has 1 aliphatic heterocycles. The Bertz CT molecular complexity index is 666. The average Bonchev–Trinajstić information content (AvgIpc) is 2.91. The third-order valence-electron chi connectivity index (χ3n) is 4.50. The Morgan fingerprint density at radius 1 is 1.25 bits per heavy atom. The van der Waals surface area contributed by atoms with E-state index in [1.807, 2.05) is 11.0 Å². The molecule has 1 unspecified atom stereocenters. The van der Waals surface area contributed by atoms with Crippen molar-refractivity contribution in [3.8, 4) is 0 Å². The first kappa shape index (κ1) is 16.7. The lowest BCUT2D eigenvalue weighted by Crippen LogP contribution is -2.30. The summed E-state index contributed by atoms with van der Waals surface area (Å²) >= 11 is 0. The van der Waals surface area contributed by atoms with Crippen molar-refractivity contribution < 1.29 is 9.32 Å². The molecule has 0 spiro atoms. The zero-order valence-corrected chi connectivity index (χ0v) is 14.4. The highest BCUT2D eigenvalue weighted by molar-refractivity contribution is 5.76. The monoisotopic (exact) mass is 327 g/mol. The van der Waals surface area contributed by atoms with Crippen molar-refractivity contribution in [2.45, 2.75) is 52.0 Å². The average molecular weight is 327 g/mol. The van der Waals surface area contributed by atoms with E-state index in [9.17, 15) is 4.79 Å². The number of nitrogens with zero attached hydrogens (tertiary/aromatic N) is 3. The maximum atomic E-state index is 12.4. The molecule has 1 aliphatic rings. The van der Waals surface area contributed by atoms with Gasteiger partial charge in [0.2, 0.25) is 11.8 Å². The summed E-state index contributed by atoms with van der Waals surface area (Å²) in [5.74, 6) is 2.37. The second kappa shape index (κ2) is 7.60. The summed E-state index contributed by atoms with van der Waals surface area (Å²) in [6.45, 7) is 5.42. The standard InChI is InChI=1S/C19H25N3O2/c1-14(2)12-18-20-17(21-24-18)13-22-11-10-16(8-9-19(22)23)15-6-4-3-5-7-15/h3-7,14,16H,8-13H2,1-2H3. The molecule has 1 amide bonds. The first-order valence-electron chi connectivity index (χ1n) is 8.76. The van der Waals surface area contributed by atoms with E-state index in [2.05, 4.69) is 48.3 Å². The van der Waals surface area contributed by atoms with Crippen molar-refractivity contribution in [3.05, 3.63) is 47.6 Å². The van der Waals surface area contributed by atoms with Gasteiger partial charge in [0.1, 0.15) is 0 Å². The van der Waals surface area contributed by atoms with Crippen molar-refractivity contribution in [2.24, 2.45) is 5.92 Å². The highest BCUT2D eigenvalue weighted by Gasteiger charge is 2.24. The van der Waals surface area contributed by atoms with Gasteiger partial charge in [-0.25, -0.2) is 0 Å². The van der Waals surface area contributed by atoms with Crippen LogP contribution in [-0.2, 0) is 17.8 Å². The fourth-order valence-electron chi connectivity index (χ4n) is 3.22. The molecule has 128 valence electrons. The number of carbonyl (C=O) groups excluding carboxylic acids is 1. The Morgan fingerprint density at radius 2 is 2.04 bits per heavy atom. The van der Waals surface area contributed by atoms with E-state index in [4.69, 9.17) is 4.52 Å². The van der Waals surface area contributed by atoms with Crippen molar-refractivity contribution >= 4 is 5.91 Å². The number of carbonyl (C=O) groups is 1. The third-order valence-corrected chi connectivity index (χ3v) is 4.50. The van der Waals surface area contributed by atoms with Crippen LogP contribution in [0.5, 0.6) is 0 Å². The fourth-order valence-corrected chi connectivity index (χ4v) is 3.22. The van der Waals surface area contributed by atoms with Crippen LogP contribution in [0.25, 0.3) is 0 Å². The predicted octanol–water partition coefficient (Wildman–Crippen LogP) is 3.56. The van der Waals surface area contributed by atoms with Gasteiger partial charge in [0.05, 0.1) is 6.54 Å². The van der Waals surface area contributed by atoms with Gasteiger partial charge in [-0.15, -0.1) is 0 Å². The maximum absolute atomic E-state index is 12.4. The minimum absolute atomic E-state index is 0.184. The van der Waals surface area contributed by atoms with Crippen molar-refractivity contribution in [3.63, 3.8) is 0 Å². The van der Waals surface area contributed by atoms with E-state index in [0.717, 1.165) is 25.8 Å². The molecule has 1 atom stereocenters. The Morgan fingerprint density at radius 3 is 2.79 bits per heavy atom. The molecule has 2 aromatic rings. The number of benzene rings is 1. The Hall–Kier alpha value is -2.17. The van der Waals surface area contributed by atoms with Gasteiger partial charge < -0.3 is 9.42 Å². The molecule has 1 fully saturated rings. The topological polar surface area (TPSA) is 59.2 Å². The maximum Gasteiger partial charge on any atom is 0.226 e. The van der Waals surface area contributed by atoms with Crippen LogP contribution >= 0.6 is 0 Å². The van der Waals surface area contributed by atoms with E-state index in [1.54, 1.807) is 0 Å². The van der Waals surface area contributed by atoms with Gasteiger partial charge in [0.25, 0.3) is 0 Å². The number of likely N-dealkylation sites (tertiary alicyclic amines) is 1. The minimum atomic E-state index is 0.184. The summed E-state index contributed by atoms with van der Waals surface area (Å²) in [7, 11) is 0. The largest absolute Gasteiger partial charge is 0.339 e. The molecular formula is C19H25N3O2. The molecule has 1 aromatic heterocycles. The summed E-state index contributed by atoms with van der Waals surface area (Å²) in [4.78, 5) is 18.7. The molecule has 3 rings (SSSR count). The summed E-state index contributed by atoms with van der Waals surface area (Å²) in [6.07, 6.45) is 3.24. The van der Waals surface area contributed by atoms with Crippen molar-refractivity contribution in [2.75, 3.05) is 6.54 Å². The zero-order chi connectivity index (χ0) is 16.9. The smallest absolute Gasteiger partial charge is 0.226 e. The first-order chi connectivity index (χ1) is 11.6. The minimum Gasteiger partial charge on any atom is -0.339 e. The van der Waals surface area contributed by atoms with Crippen LogP contribution in [0.15, 0.2) is 34.9 Å². The Kier molecular flexibility index (Phi) is 5.28. The number of aromatic nitrogens is 2. The number of hydrogen-bond acceptors (Lipinski definition) is 4. The molecule has 5 nitrogen and oxygen atoms in total. The number of amides is 1. The van der Waals surface area contributed by atoms with Gasteiger partial charge in [-0.1, -0.05) is 49.3 Å². The van der Waals surface area contributed by atoms with Crippen LogP contribution in [-0.4, -0.2) is 27.5 Å². The van der Waals surface area contributed by atoms with Crippen LogP contribution in [0.4, 0.5) is 0 Å². The molecule has 24 heavy (non-hydrogen) atoms. The first-order valence-corrected chi connectivity index (χ1v) is 8.76. The SMILES string of the molecule is CC(C)Cc1nc(CN2CCC(c3ccccc3)CCC2=O)no1. The molecule has 0 bridgehead atoms. The molecule has 0 radical (unpaired) electrons. The van der Waals surface area contributed by atoms with Gasteiger partial charge in [-0.2, -0.15) is 4.98 Å². The van der Waals surface area contributed by atoms with E-state index in [1.165, 1.54) is 5.56 Å². The van der Waals surface area contributed by atoms with Gasteiger partial charge in [0.15, 0.2) is 5.82 Å². The van der Waals surface area contributed by atoms with E-state index in [-0.39, 0.29) is 5.91 Å². The molecule has 1 aromatic carbocycles. The van der Waals surface area contributed by atoms with E-state index in [0.29, 0.717) is 36.5 Å². The highest BCUT2D eigenvalue weighted by Crippen LogP contribution is 2.28. The highest BCUT2D eigenvalue weighted by atomic mass is 16.5.